The minimum atomic E-state index is -0.757. The third-order valence-electron chi connectivity index (χ3n) is 6.16. The Morgan fingerprint density at radius 1 is 1.00 bits per heavy atom. The number of nitrogens with zero attached hydrogens (tertiary/aromatic N) is 2. The van der Waals surface area contributed by atoms with Crippen LogP contribution in [0.3, 0.4) is 0 Å². The maximum absolute atomic E-state index is 13.4. The second-order valence-electron chi connectivity index (χ2n) is 9.72. The normalized spacial score (nSPS) is 17.1. The Hall–Kier alpha value is -4.06. The molecule has 1 saturated heterocycles. The van der Waals surface area contributed by atoms with Gasteiger partial charge in [0.25, 0.3) is 11.7 Å². The van der Waals surface area contributed by atoms with E-state index in [0.29, 0.717) is 29.5 Å². The van der Waals surface area contributed by atoms with Crippen molar-refractivity contribution in [2.75, 3.05) is 30.5 Å². The van der Waals surface area contributed by atoms with Crippen LogP contribution >= 0.6 is 0 Å². The van der Waals surface area contributed by atoms with Crippen molar-refractivity contribution in [1.82, 2.24) is 0 Å². The quantitative estimate of drug-likeness (QED) is 0.264. The number of aliphatic hydroxyl groups excluding tert-OH is 1. The molecule has 1 unspecified atom stereocenters. The summed E-state index contributed by atoms with van der Waals surface area (Å²) in [5.74, 6) is -0.525. The first-order valence-electron chi connectivity index (χ1n) is 12.1. The number of rotatable bonds is 7. The van der Waals surface area contributed by atoms with Gasteiger partial charge in [0.1, 0.15) is 11.5 Å². The van der Waals surface area contributed by atoms with Gasteiger partial charge in [0.15, 0.2) is 0 Å². The van der Waals surface area contributed by atoms with Crippen molar-refractivity contribution >= 4 is 28.8 Å². The van der Waals surface area contributed by atoms with E-state index in [0.717, 1.165) is 16.8 Å². The van der Waals surface area contributed by atoms with Crippen molar-refractivity contribution in [3.63, 3.8) is 0 Å². The standard InChI is InChI=1S/C30H32N2O4/c1-19(2)18-36-25-15-9-21(10-16-25)28(33)26-27(22-8-6-7-20(3)17-22)32(30(35)29(26)34)24-13-11-23(12-14-24)31(4)5/h6-17,19,27,33H,18H2,1-5H3/b28-26-. The summed E-state index contributed by atoms with van der Waals surface area (Å²) in [7, 11) is 3.88. The summed E-state index contributed by atoms with van der Waals surface area (Å²) in [6, 6.07) is 21.3. The second-order valence-corrected chi connectivity index (χ2v) is 9.72. The highest BCUT2D eigenvalue weighted by molar-refractivity contribution is 6.51. The van der Waals surface area contributed by atoms with Crippen molar-refractivity contribution in [3.05, 3.63) is 95.1 Å². The van der Waals surface area contributed by atoms with Gasteiger partial charge < -0.3 is 14.7 Å². The highest BCUT2D eigenvalue weighted by Gasteiger charge is 2.47. The molecule has 3 aromatic carbocycles. The first-order chi connectivity index (χ1) is 17.2. The van der Waals surface area contributed by atoms with Gasteiger partial charge in [-0.15, -0.1) is 0 Å². The molecule has 3 aromatic rings. The van der Waals surface area contributed by atoms with E-state index in [1.807, 2.05) is 74.4 Å². The summed E-state index contributed by atoms with van der Waals surface area (Å²) in [5.41, 5.74) is 3.83. The highest BCUT2D eigenvalue weighted by atomic mass is 16.5. The van der Waals surface area contributed by atoms with Crippen LogP contribution < -0.4 is 14.5 Å². The Bertz CT molecular complexity index is 1290. The van der Waals surface area contributed by atoms with Crippen LogP contribution in [0.15, 0.2) is 78.4 Å². The first kappa shape index (κ1) is 25.0. The number of ketones is 1. The minimum absolute atomic E-state index is 0.0677. The van der Waals surface area contributed by atoms with E-state index in [1.165, 1.54) is 4.90 Å². The van der Waals surface area contributed by atoms with Gasteiger partial charge in [0.05, 0.1) is 18.2 Å². The molecule has 1 fully saturated rings. The van der Waals surface area contributed by atoms with Crippen LogP contribution in [-0.2, 0) is 9.59 Å². The molecule has 0 radical (unpaired) electrons. The lowest BCUT2D eigenvalue weighted by Crippen LogP contribution is -2.29. The van der Waals surface area contributed by atoms with Gasteiger partial charge in [0.2, 0.25) is 0 Å². The monoisotopic (exact) mass is 484 g/mol. The fourth-order valence-corrected chi connectivity index (χ4v) is 4.29. The van der Waals surface area contributed by atoms with Gasteiger partial charge in [-0.2, -0.15) is 0 Å². The molecule has 0 spiro atoms. The lowest BCUT2D eigenvalue weighted by Gasteiger charge is -2.26. The zero-order valence-corrected chi connectivity index (χ0v) is 21.4. The molecule has 0 aromatic heterocycles. The maximum Gasteiger partial charge on any atom is 0.300 e. The summed E-state index contributed by atoms with van der Waals surface area (Å²) in [4.78, 5) is 30.1. The van der Waals surface area contributed by atoms with Crippen LogP contribution in [-0.4, -0.2) is 37.5 Å². The molecule has 1 N–H and O–H groups in total. The Balaban J connectivity index is 1.81. The molecule has 1 atom stereocenters. The number of amides is 1. The molecule has 0 bridgehead atoms. The molecule has 6 heteroatoms. The smallest absolute Gasteiger partial charge is 0.300 e. The lowest BCUT2D eigenvalue weighted by molar-refractivity contribution is -0.132. The van der Waals surface area contributed by atoms with Crippen LogP contribution in [0.1, 0.15) is 36.6 Å². The number of aliphatic hydroxyl groups is 1. The van der Waals surface area contributed by atoms with Crippen molar-refractivity contribution in [2.45, 2.75) is 26.8 Å². The first-order valence-corrected chi connectivity index (χ1v) is 12.1. The third kappa shape index (κ3) is 4.98. The minimum Gasteiger partial charge on any atom is -0.507 e. The van der Waals surface area contributed by atoms with E-state index in [2.05, 4.69) is 13.8 Å². The van der Waals surface area contributed by atoms with E-state index >= 15 is 0 Å². The molecule has 1 aliphatic rings. The number of ether oxygens (including phenoxy) is 1. The van der Waals surface area contributed by atoms with Crippen molar-refractivity contribution in [3.8, 4) is 5.75 Å². The number of benzene rings is 3. The van der Waals surface area contributed by atoms with Crippen LogP contribution in [0.4, 0.5) is 11.4 Å². The van der Waals surface area contributed by atoms with Crippen LogP contribution in [0.2, 0.25) is 0 Å². The summed E-state index contributed by atoms with van der Waals surface area (Å²) >= 11 is 0. The summed E-state index contributed by atoms with van der Waals surface area (Å²) in [5, 5.41) is 11.3. The average Bonchev–Trinajstić information content (AvgIpc) is 3.13. The van der Waals surface area contributed by atoms with Crippen LogP contribution in [0.5, 0.6) is 5.75 Å². The topological polar surface area (TPSA) is 70.1 Å². The van der Waals surface area contributed by atoms with Gasteiger partial charge in [-0.3, -0.25) is 14.5 Å². The summed E-state index contributed by atoms with van der Waals surface area (Å²) < 4.78 is 5.74. The average molecular weight is 485 g/mol. The number of aryl methyl sites for hydroxylation is 1. The van der Waals surface area contributed by atoms with Gasteiger partial charge >= 0.3 is 0 Å². The zero-order chi connectivity index (χ0) is 26.0. The van der Waals surface area contributed by atoms with Gasteiger partial charge in [0, 0.05) is 31.0 Å². The van der Waals surface area contributed by atoms with Crippen LogP contribution in [0.25, 0.3) is 5.76 Å². The van der Waals surface area contributed by atoms with E-state index in [1.54, 1.807) is 24.3 Å². The molecule has 1 heterocycles. The van der Waals surface area contributed by atoms with E-state index in [4.69, 9.17) is 4.74 Å². The van der Waals surface area contributed by atoms with Crippen molar-refractivity contribution < 1.29 is 19.4 Å². The molecule has 186 valence electrons. The van der Waals surface area contributed by atoms with Gasteiger partial charge in [-0.1, -0.05) is 43.7 Å². The Labute approximate surface area is 212 Å². The molecular formula is C30H32N2O4. The predicted octanol–water partition coefficient (Wildman–Crippen LogP) is 5.72. The van der Waals surface area contributed by atoms with Crippen molar-refractivity contribution in [1.29, 1.82) is 0 Å². The van der Waals surface area contributed by atoms with E-state index < -0.39 is 17.7 Å². The fraction of sp³-hybridized carbons (Fsp3) is 0.267. The second kappa shape index (κ2) is 10.3. The molecule has 6 nitrogen and oxygen atoms in total. The Morgan fingerprint density at radius 2 is 1.67 bits per heavy atom. The predicted molar refractivity (Wildman–Crippen MR) is 144 cm³/mol. The molecule has 4 rings (SSSR count). The molecule has 0 saturated carbocycles. The van der Waals surface area contributed by atoms with Crippen molar-refractivity contribution in [2.24, 2.45) is 5.92 Å². The molecule has 1 amide bonds. The molecule has 0 aliphatic carbocycles. The summed E-state index contributed by atoms with van der Waals surface area (Å²) in [6.07, 6.45) is 0. The van der Waals surface area contributed by atoms with Gasteiger partial charge in [-0.05, 0) is 66.9 Å². The van der Waals surface area contributed by atoms with Gasteiger partial charge in [-0.25, -0.2) is 0 Å². The number of carbonyl (C=O) groups is 2. The number of anilines is 2. The summed E-state index contributed by atoms with van der Waals surface area (Å²) in [6.45, 7) is 6.67. The zero-order valence-electron chi connectivity index (χ0n) is 21.4. The van der Waals surface area contributed by atoms with Crippen LogP contribution in [0, 0.1) is 12.8 Å². The Morgan fingerprint density at radius 3 is 2.25 bits per heavy atom. The number of hydrogen-bond donors (Lipinski definition) is 1. The largest absolute Gasteiger partial charge is 0.507 e. The highest BCUT2D eigenvalue weighted by Crippen LogP contribution is 2.42. The number of Topliss-reactive ketones (excluding diaryl/α,β-unsaturated/α-hetero) is 1. The lowest BCUT2D eigenvalue weighted by atomic mass is 9.94. The van der Waals surface area contributed by atoms with E-state index in [9.17, 15) is 14.7 Å². The molecule has 1 aliphatic heterocycles. The van der Waals surface area contributed by atoms with E-state index in [-0.39, 0.29) is 11.3 Å². The molecule has 36 heavy (non-hydrogen) atoms. The number of hydrogen-bond acceptors (Lipinski definition) is 5. The molecular weight excluding hydrogens is 452 g/mol. The number of carbonyl (C=O) groups excluding carboxylic acids is 2. The maximum atomic E-state index is 13.4. The Kier molecular flexibility index (Phi) is 7.15. The fourth-order valence-electron chi connectivity index (χ4n) is 4.29. The SMILES string of the molecule is Cc1cccc(C2/C(=C(/O)c3ccc(OCC(C)C)cc3)C(=O)C(=O)N2c2ccc(N(C)C)cc2)c1. The third-order valence-corrected chi connectivity index (χ3v) is 6.16.